The van der Waals surface area contributed by atoms with Crippen LogP contribution in [0.1, 0.15) is 5.69 Å². The smallest absolute Gasteiger partial charge is 0.250 e. The lowest BCUT2D eigenvalue weighted by atomic mass is 10.2. The van der Waals surface area contributed by atoms with Crippen molar-refractivity contribution in [2.24, 2.45) is 0 Å². The number of amides is 2. The summed E-state index contributed by atoms with van der Waals surface area (Å²) >= 11 is 4.95. The molecule has 1 heterocycles. The number of methoxy groups -OCH3 is 1. The fourth-order valence-electron chi connectivity index (χ4n) is 2.51. The summed E-state index contributed by atoms with van der Waals surface area (Å²) in [5.74, 6) is -0.431. The van der Waals surface area contributed by atoms with Crippen LogP contribution in [0.25, 0.3) is 10.6 Å². The molecule has 2 N–H and O–H groups in total. The van der Waals surface area contributed by atoms with Crippen LogP contribution in [0, 0.1) is 0 Å². The number of halogens is 1. The van der Waals surface area contributed by atoms with Crippen molar-refractivity contribution in [2.75, 3.05) is 24.4 Å². The first-order chi connectivity index (χ1) is 13.5. The molecular weight excluding hydrogens is 442 g/mol. The fraction of sp³-hybridized carbons (Fsp3) is 0.150. The third-order valence-electron chi connectivity index (χ3n) is 3.67. The van der Waals surface area contributed by atoms with Gasteiger partial charge in [-0.15, -0.1) is 11.3 Å². The summed E-state index contributed by atoms with van der Waals surface area (Å²) < 4.78 is 5.77. The Labute approximate surface area is 175 Å². The number of carbonyl (C=O) groups excluding carboxylic acids is 2. The lowest BCUT2D eigenvalue weighted by Gasteiger charge is -2.08. The van der Waals surface area contributed by atoms with Crippen molar-refractivity contribution in [1.29, 1.82) is 0 Å². The number of aromatic nitrogens is 1. The predicted molar refractivity (Wildman–Crippen MR) is 115 cm³/mol. The molecule has 0 spiro atoms. The minimum atomic E-state index is -0.256. The molecule has 3 aromatic rings. The minimum Gasteiger partial charge on any atom is -0.375 e. The molecule has 0 saturated heterocycles. The van der Waals surface area contributed by atoms with Crippen LogP contribution < -0.4 is 10.6 Å². The molecule has 2 amide bonds. The van der Waals surface area contributed by atoms with Gasteiger partial charge in [0.05, 0.1) is 12.1 Å². The molecule has 0 aliphatic rings. The molecule has 3 rings (SSSR count). The highest BCUT2D eigenvalue weighted by atomic mass is 79.9. The number of benzene rings is 2. The normalized spacial score (nSPS) is 10.5. The molecule has 0 atom stereocenters. The van der Waals surface area contributed by atoms with Gasteiger partial charge in [0.1, 0.15) is 11.6 Å². The van der Waals surface area contributed by atoms with Crippen LogP contribution in [0.15, 0.2) is 58.4 Å². The summed E-state index contributed by atoms with van der Waals surface area (Å²) in [7, 11) is 1.46. The van der Waals surface area contributed by atoms with Crippen molar-refractivity contribution in [3.8, 4) is 10.6 Å². The van der Waals surface area contributed by atoms with Gasteiger partial charge >= 0.3 is 0 Å². The molecule has 144 valence electrons. The second kappa shape index (κ2) is 9.59. The van der Waals surface area contributed by atoms with Crippen LogP contribution >= 0.6 is 27.3 Å². The Balaban J connectivity index is 1.61. The van der Waals surface area contributed by atoms with Gasteiger partial charge in [-0.2, -0.15) is 0 Å². The Morgan fingerprint density at radius 3 is 2.50 bits per heavy atom. The van der Waals surface area contributed by atoms with Gasteiger partial charge in [-0.05, 0) is 30.3 Å². The predicted octanol–water partition coefficient (Wildman–Crippen LogP) is 4.34. The van der Waals surface area contributed by atoms with Crippen molar-refractivity contribution in [3.63, 3.8) is 0 Å². The van der Waals surface area contributed by atoms with Crippen molar-refractivity contribution in [3.05, 3.63) is 64.1 Å². The van der Waals surface area contributed by atoms with Gasteiger partial charge < -0.3 is 15.4 Å². The van der Waals surface area contributed by atoms with E-state index in [9.17, 15) is 9.59 Å². The number of thiazole rings is 1. The first-order valence-electron chi connectivity index (χ1n) is 8.42. The van der Waals surface area contributed by atoms with Crippen molar-refractivity contribution in [2.45, 2.75) is 6.42 Å². The Morgan fingerprint density at radius 1 is 1.07 bits per heavy atom. The first-order valence-corrected chi connectivity index (χ1v) is 10.1. The molecule has 6 nitrogen and oxygen atoms in total. The third-order valence-corrected chi connectivity index (χ3v) is 5.10. The van der Waals surface area contributed by atoms with Crippen LogP contribution in [-0.2, 0) is 20.7 Å². The molecule has 0 fully saturated rings. The highest BCUT2D eigenvalue weighted by Crippen LogP contribution is 2.26. The molecule has 0 aliphatic carbocycles. The van der Waals surface area contributed by atoms with Crippen molar-refractivity contribution < 1.29 is 14.3 Å². The van der Waals surface area contributed by atoms with Gasteiger partial charge in [-0.1, -0.05) is 34.1 Å². The largest absolute Gasteiger partial charge is 0.375 e. The zero-order chi connectivity index (χ0) is 19.9. The third kappa shape index (κ3) is 5.72. The van der Waals surface area contributed by atoms with E-state index in [1.165, 1.54) is 18.4 Å². The molecule has 0 aliphatic heterocycles. The molecule has 0 unspecified atom stereocenters. The quantitative estimate of drug-likeness (QED) is 0.550. The number of nitrogens with zero attached hydrogens (tertiary/aromatic N) is 1. The number of anilines is 2. The Morgan fingerprint density at radius 2 is 1.79 bits per heavy atom. The van der Waals surface area contributed by atoms with E-state index in [1.54, 1.807) is 24.3 Å². The van der Waals surface area contributed by atoms with Crippen molar-refractivity contribution in [1.82, 2.24) is 4.98 Å². The second-order valence-corrected chi connectivity index (χ2v) is 7.72. The molecule has 0 radical (unpaired) electrons. The van der Waals surface area contributed by atoms with Crippen molar-refractivity contribution >= 4 is 50.5 Å². The molecule has 8 heteroatoms. The van der Waals surface area contributed by atoms with E-state index in [0.717, 1.165) is 15.0 Å². The summed E-state index contributed by atoms with van der Waals surface area (Å²) in [5.41, 5.74) is 2.90. The summed E-state index contributed by atoms with van der Waals surface area (Å²) in [5, 5.41) is 8.29. The zero-order valence-electron chi connectivity index (χ0n) is 15.1. The Kier molecular flexibility index (Phi) is 6.91. The molecule has 1 aromatic heterocycles. The highest BCUT2D eigenvalue weighted by Gasteiger charge is 2.10. The van der Waals surface area contributed by atoms with E-state index in [4.69, 9.17) is 4.74 Å². The zero-order valence-corrected chi connectivity index (χ0v) is 17.5. The standard InChI is InChI=1S/C20H18BrN3O3S/c1-27-11-19(26)23-16-7-3-6-15(9-16)22-18(25)10-17-12-28-20(24-17)13-4-2-5-14(21)8-13/h2-9,12H,10-11H2,1H3,(H,22,25)(H,23,26). The maximum atomic E-state index is 12.4. The maximum absolute atomic E-state index is 12.4. The second-order valence-electron chi connectivity index (χ2n) is 5.94. The summed E-state index contributed by atoms with van der Waals surface area (Å²) in [6, 6.07) is 14.8. The van der Waals surface area contributed by atoms with Gasteiger partial charge in [-0.3, -0.25) is 9.59 Å². The van der Waals surface area contributed by atoms with E-state index in [2.05, 4.69) is 31.5 Å². The van der Waals surface area contributed by atoms with E-state index >= 15 is 0 Å². The summed E-state index contributed by atoms with van der Waals surface area (Å²) in [6.45, 7) is -0.0271. The average Bonchev–Trinajstić information content (AvgIpc) is 3.10. The van der Waals surface area contributed by atoms with Crippen LogP contribution in [0.2, 0.25) is 0 Å². The Hall–Kier alpha value is -2.55. The van der Waals surface area contributed by atoms with Crippen LogP contribution in [0.5, 0.6) is 0 Å². The van der Waals surface area contributed by atoms with Crippen LogP contribution in [-0.4, -0.2) is 30.5 Å². The first kappa shape index (κ1) is 20.2. The molecular formula is C20H18BrN3O3S. The summed E-state index contributed by atoms with van der Waals surface area (Å²) in [6.07, 6.45) is 0.171. The van der Waals surface area contributed by atoms with E-state index in [0.29, 0.717) is 17.1 Å². The lowest BCUT2D eigenvalue weighted by Crippen LogP contribution is -2.18. The monoisotopic (exact) mass is 459 g/mol. The van der Waals surface area contributed by atoms with E-state index in [1.807, 2.05) is 29.6 Å². The number of ether oxygens (including phenoxy) is 1. The van der Waals surface area contributed by atoms with E-state index < -0.39 is 0 Å². The molecule has 0 saturated carbocycles. The molecule has 28 heavy (non-hydrogen) atoms. The van der Waals surface area contributed by atoms with Crippen LogP contribution in [0.4, 0.5) is 11.4 Å². The lowest BCUT2D eigenvalue weighted by molar-refractivity contribution is -0.119. The van der Waals surface area contributed by atoms with E-state index in [-0.39, 0.29) is 24.8 Å². The Bertz CT molecular complexity index is 990. The molecule has 2 aromatic carbocycles. The highest BCUT2D eigenvalue weighted by molar-refractivity contribution is 9.10. The fourth-order valence-corrected chi connectivity index (χ4v) is 3.73. The van der Waals surface area contributed by atoms with Gasteiger partial charge in [0.2, 0.25) is 11.8 Å². The van der Waals surface area contributed by atoms with Gasteiger partial charge in [0.25, 0.3) is 0 Å². The SMILES string of the molecule is COCC(=O)Nc1cccc(NC(=O)Cc2csc(-c3cccc(Br)c3)n2)c1. The van der Waals surface area contributed by atoms with Gasteiger partial charge in [0.15, 0.2) is 0 Å². The molecule has 0 bridgehead atoms. The maximum Gasteiger partial charge on any atom is 0.250 e. The van der Waals surface area contributed by atoms with Gasteiger partial charge in [-0.25, -0.2) is 4.98 Å². The minimum absolute atomic E-state index is 0.0271. The number of hydrogen-bond acceptors (Lipinski definition) is 5. The average molecular weight is 460 g/mol. The number of nitrogens with one attached hydrogen (secondary N) is 2. The van der Waals surface area contributed by atoms with Crippen LogP contribution in [0.3, 0.4) is 0 Å². The van der Waals surface area contributed by atoms with Gasteiger partial charge in [0, 0.05) is 33.9 Å². The number of hydrogen-bond donors (Lipinski definition) is 2. The number of rotatable bonds is 7. The summed E-state index contributed by atoms with van der Waals surface area (Å²) in [4.78, 5) is 28.5. The number of carbonyl (C=O) groups is 2. The topological polar surface area (TPSA) is 80.3 Å².